The van der Waals surface area contributed by atoms with Crippen molar-refractivity contribution in [2.24, 2.45) is 7.05 Å². The quantitative estimate of drug-likeness (QED) is 0.864. The molecule has 0 unspecified atom stereocenters. The molecule has 2 heterocycles. The maximum absolute atomic E-state index is 5.18. The summed E-state index contributed by atoms with van der Waals surface area (Å²) in [7, 11) is 1.90. The fourth-order valence-corrected chi connectivity index (χ4v) is 2.25. The van der Waals surface area contributed by atoms with Crippen molar-refractivity contribution < 1.29 is 0 Å². The summed E-state index contributed by atoms with van der Waals surface area (Å²) in [5, 5.41) is 4.15. The Kier molecular flexibility index (Phi) is 3.96. The molecule has 0 aliphatic rings. The topological polar surface area (TPSA) is 46.5 Å². The molecule has 0 aromatic carbocycles. The standard InChI is InChI=1S/C11H14N4S2/c1-3-17-7-10-13-9(4-11(16)14-10)8-5-12-15(2)6-8/h4-6H,3,7H2,1-2H3,(H,13,14,16). The van der Waals surface area contributed by atoms with Crippen LogP contribution in [0.5, 0.6) is 0 Å². The van der Waals surface area contributed by atoms with Crippen molar-refractivity contribution in [1.82, 2.24) is 19.7 Å². The van der Waals surface area contributed by atoms with Gasteiger partial charge in [0.05, 0.1) is 17.6 Å². The summed E-state index contributed by atoms with van der Waals surface area (Å²) in [6.45, 7) is 2.13. The summed E-state index contributed by atoms with van der Waals surface area (Å²) in [5.74, 6) is 2.84. The van der Waals surface area contributed by atoms with Gasteiger partial charge in [-0.1, -0.05) is 19.1 Å². The van der Waals surface area contributed by atoms with Gasteiger partial charge in [0.25, 0.3) is 0 Å². The third-order valence-electron chi connectivity index (χ3n) is 2.25. The van der Waals surface area contributed by atoms with Crippen molar-refractivity contribution >= 4 is 24.0 Å². The molecule has 17 heavy (non-hydrogen) atoms. The van der Waals surface area contributed by atoms with Crippen molar-refractivity contribution in [1.29, 1.82) is 0 Å². The summed E-state index contributed by atoms with van der Waals surface area (Å²) >= 11 is 6.99. The molecule has 0 aliphatic heterocycles. The van der Waals surface area contributed by atoms with Crippen LogP contribution in [0.4, 0.5) is 0 Å². The van der Waals surface area contributed by atoms with Gasteiger partial charge >= 0.3 is 0 Å². The Balaban J connectivity index is 2.34. The van der Waals surface area contributed by atoms with Gasteiger partial charge in [-0.2, -0.15) is 16.9 Å². The predicted octanol–water partition coefficient (Wildman–Crippen LogP) is 2.79. The average Bonchev–Trinajstić information content (AvgIpc) is 2.72. The normalized spacial score (nSPS) is 10.7. The first-order valence-corrected chi connectivity index (χ1v) is 6.92. The molecule has 0 saturated heterocycles. The van der Waals surface area contributed by atoms with Crippen LogP contribution in [0, 0.1) is 4.64 Å². The molecule has 1 N–H and O–H groups in total. The number of aromatic nitrogens is 4. The highest BCUT2D eigenvalue weighted by Gasteiger charge is 2.03. The van der Waals surface area contributed by atoms with Crippen LogP contribution in [-0.4, -0.2) is 25.5 Å². The number of aromatic amines is 1. The van der Waals surface area contributed by atoms with E-state index in [0.717, 1.165) is 28.6 Å². The van der Waals surface area contributed by atoms with Gasteiger partial charge < -0.3 is 4.98 Å². The number of hydrogen-bond acceptors (Lipinski definition) is 4. The van der Waals surface area contributed by atoms with Crippen LogP contribution in [0.3, 0.4) is 0 Å². The Hall–Kier alpha value is -1.14. The largest absolute Gasteiger partial charge is 0.342 e. The molecule has 0 spiro atoms. The molecule has 2 aromatic rings. The highest BCUT2D eigenvalue weighted by molar-refractivity contribution is 7.98. The minimum atomic E-state index is 0.620. The minimum Gasteiger partial charge on any atom is -0.342 e. The molecule has 0 saturated carbocycles. The van der Waals surface area contributed by atoms with E-state index in [1.807, 2.05) is 37.3 Å². The second-order valence-electron chi connectivity index (χ2n) is 3.62. The predicted molar refractivity (Wildman–Crippen MR) is 73.5 cm³/mol. The van der Waals surface area contributed by atoms with Gasteiger partial charge in [0.15, 0.2) is 0 Å². The van der Waals surface area contributed by atoms with Crippen LogP contribution in [0.15, 0.2) is 18.5 Å². The van der Waals surface area contributed by atoms with E-state index in [4.69, 9.17) is 12.2 Å². The van der Waals surface area contributed by atoms with Crippen molar-refractivity contribution in [3.8, 4) is 11.3 Å². The third-order valence-corrected chi connectivity index (χ3v) is 3.35. The van der Waals surface area contributed by atoms with Gasteiger partial charge in [0, 0.05) is 18.8 Å². The first-order chi connectivity index (χ1) is 8.19. The molecule has 0 bridgehead atoms. The Morgan fingerprint density at radius 3 is 3.00 bits per heavy atom. The summed E-state index contributed by atoms with van der Waals surface area (Å²) in [4.78, 5) is 7.61. The van der Waals surface area contributed by atoms with Gasteiger partial charge in [0.2, 0.25) is 0 Å². The van der Waals surface area contributed by atoms with Crippen molar-refractivity contribution in [3.63, 3.8) is 0 Å². The Labute approximate surface area is 109 Å². The first-order valence-electron chi connectivity index (χ1n) is 5.36. The number of aryl methyl sites for hydroxylation is 1. The van der Waals surface area contributed by atoms with E-state index in [0.29, 0.717) is 4.64 Å². The van der Waals surface area contributed by atoms with Gasteiger partial charge in [-0.3, -0.25) is 4.68 Å². The van der Waals surface area contributed by atoms with Crippen molar-refractivity contribution in [2.75, 3.05) is 5.75 Å². The van der Waals surface area contributed by atoms with E-state index in [1.165, 1.54) is 0 Å². The molecular formula is C11H14N4S2. The monoisotopic (exact) mass is 266 g/mol. The molecule has 4 nitrogen and oxygen atoms in total. The van der Waals surface area contributed by atoms with E-state index in [1.54, 1.807) is 4.68 Å². The third kappa shape index (κ3) is 3.17. The molecular weight excluding hydrogens is 252 g/mol. The number of thioether (sulfide) groups is 1. The molecule has 6 heteroatoms. The lowest BCUT2D eigenvalue weighted by Crippen LogP contribution is -1.95. The fraction of sp³-hybridized carbons (Fsp3) is 0.364. The van der Waals surface area contributed by atoms with Crippen LogP contribution in [0.1, 0.15) is 12.7 Å². The molecule has 0 fully saturated rings. The van der Waals surface area contributed by atoms with Crippen LogP contribution in [0.25, 0.3) is 11.3 Å². The zero-order valence-corrected chi connectivity index (χ0v) is 11.4. The Morgan fingerprint density at radius 2 is 2.35 bits per heavy atom. The van der Waals surface area contributed by atoms with E-state index >= 15 is 0 Å². The zero-order valence-electron chi connectivity index (χ0n) is 9.80. The van der Waals surface area contributed by atoms with Crippen LogP contribution >= 0.6 is 24.0 Å². The lowest BCUT2D eigenvalue weighted by atomic mass is 10.2. The highest BCUT2D eigenvalue weighted by atomic mass is 32.2. The number of rotatable bonds is 4. The molecule has 90 valence electrons. The van der Waals surface area contributed by atoms with Gasteiger partial charge in [-0.25, -0.2) is 4.98 Å². The Bertz CT molecular complexity index is 559. The van der Waals surface area contributed by atoms with E-state index in [2.05, 4.69) is 22.0 Å². The maximum atomic E-state index is 5.18. The number of nitrogens with zero attached hydrogens (tertiary/aromatic N) is 3. The van der Waals surface area contributed by atoms with E-state index in [9.17, 15) is 0 Å². The molecule has 0 radical (unpaired) electrons. The van der Waals surface area contributed by atoms with E-state index < -0.39 is 0 Å². The second kappa shape index (κ2) is 5.46. The summed E-state index contributed by atoms with van der Waals surface area (Å²) < 4.78 is 2.39. The summed E-state index contributed by atoms with van der Waals surface area (Å²) in [5.41, 5.74) is 2.01. The van der Waals surface area contributed by atoms with Gasteiger partial charge in [0.1, 0.15) is 10.5 Å². The van der Waals surface area contributed by atoms with Crippen LogP contribution < -0.4 is 0 Å². The second-order valence-corrected chi connectivity index (χ2v) is 5.31. The average molecular weight is 266 g/mol. The number of hydrogen-bond donors (Lipinski definition) is 1. The van der Waals surface area contributed by atoms with Crippen molar-refractivity contribution in [2.45, 2.75) is 12.7 Å². The molecule has 2 rings (SSSR count). The summed E-state index contributed by atoms with van der Waals surface area (Å²) in [6, 6.07) is 1.87. The smallest absolute Gasteiger partial charge is 0.130 e. The first kappa shape index (κ1) is 12.3. The fourth-order valence-electron chi connectivity index (χ4n) is 1.49. The maximum Gasteiger partial charge on any atom is 0.130 e. The minimum absolute atomic E-state index is 0.620. The Morgan fingerprint density at radius 1 is 1.53 bits per heavy atom. The van der Waals surface area contributed by atoms with Crippen molar-refractivity contribution in [3.05, 3.63) is 28.9 Å². The lowest BCUT2D eigenvalue weighted by molar-refractivity contribution is 0.768. The summed E-state index contributed by atoms with van der Waals surface area (Å²) in [6.07, 6.45) is 3.77. The van der Waals surface area contributed by atoms with Crippen LogP contribution in [0.2, 0.25) is 0 Å². The van der Waals surface area contributed by atoms with Gasteiger partial charge in [-0.15, -0.1) is 0 Å². The SMILES string of the molecule is CCSCc1nc(=S)cc(-c2cnn(C)c2)[nH]1. The molecule has 0 amide bonds. The van der Waals surface area contributed by atoms with Crippen LogP contribution in [-0.2, 0) is 12.8 Å². The zero-order chi connectivity index (χ0) is 12.3. The molecule has 2 aromatic heterocycles. The van der Waals surface area contributed by atoms with Gasteiger partial charge in [-0.05, 0) is 11.8 Å². The van der Waals surface area contributed by atoms with E-state index in [-0.39, 0.29) is 0 Å². The molecule has 0 atom stereocenters. The lowest BCUT2D eigenvalue weighted by Gasteiger charge is -2.03. The highest BCUT2D eigenvalue weighted by Crippen LogP contribution is 2.17. The molecule has 0 aliphatic carbocycles. The number of H-pyrrole nitrogens is 1. The number of nitrogens with one attached hydrogen (secondary N) is 1.